The molecule has 1 atom stereocenters. The number of hydrogen-bond acceptors (Lipinski definition) is 5. The van der Waals surface area contributed by atoms with Crippen molar-refractivity contribution in [3.8, 4) is 17.1 Å². The number of pyridine rings is 1. The molecule has 0 aromatic carbocycles. The van der Waals surface area contributed by atoms with Crippen LogP contribution in [0.25, 0.3) is 11.4 Å². The van der Waals surface area contributed by atoms with E-state index in [9.17, 15) is 9.59 Å². The van der Waals surface area contributed by atoms with E-state index < -0.39 is 6.09 Å². The van der Waals surface area contributed by atoms with Crippen molar-refractivity contribution in [1.82, 2.24) is 25.4 Å². The fraction of sp³-hybridized carbons (Fsp3) is 0.444. The molecule has 0 bridgehead atoms. The van der Waals surface area contributed by atoms with Crippen LogP contribution in [0, 0.1) is 5.92 Å². The van der Waals surface area contributed by atoms with Crippen LogP contribution in [0.2, 0.25) is 0 Å². The Morgan fingerprint density at radius 2 is 2.26 bits per heavy atom. The molecule has 9 nitrogen and oxygen atoms in total. The zero-order chi connectivity index (χ0) is 19.1. The number of aromatic nitrogens is 3. The molecule has 9 heteroatoms. The van der Waals surface area contributed by atoms with E-state index in [1.165, 1.54) is 0 Å². The number of carbonyl (C=O) groups excluding carboxylic acids is 1. The molecule has 0 aliphatic carbocycles. The van der Waals surface area contributed by atoms with Crippen LogP contribution in [0.5, 0.6) is 5.75 Å². The smallest absolute Gasteiger partial charge is 0.404 e. The van der Waals surface area contributed by atoms with Crippen molar-refractivity contribution in [3.63, 3.8) is 0 Å². The van der Waals surface area contributed by atoms with Gasteiger partial charge in [-0.3, -0.25) is 14.9 Å². The molecule has 1 aliphatic heterocycles. The third kappa shape index (κ3) is 5.44. The summed E-state index contributed by atoms with van der Waals surface area (Å²) in [6, 6.07) is 5.59. The molecular formula is C18H23N5O4. The molecule has 3 heterocycles. The van der Waals surface area contributed by atoms with Gasteiger partial charge in [0.15, 0.2) is 0 Å². The summed E-state index contributed by atoms with van der Waals surface area (Å²) in [5.41, 5.74) is 1.64. The van der Waals surface area contributed by atoms with E-state index in [2.05, 4.69) is 20.5 Å². The summed E-state index contributed by atoms with van der Waals surface area (Å²) in [6.45, 7) is 2.00. The average molecular weight is 373 g/mol. The highest BCUT2D eigenvalue weighted by atomic mass is 16.5. The van der Waals surface area contributed by atoms with Gasteiger partial charge in [0.25, 0.3) is 0 Å². The van der Waals surface area contributed by atoms with Crippen molar-refractivity contribution in [2.75, 3.05) is 26.2 Å². The summed E-state index contributed by atoms with van der Waals surface area (Å²) >= 11 is 0. The van der Waals surface area contributed by atoms with E-state index in [1.807, 2.05) is 18.2 Å². The number of H-pyrrole nitrogens is 1. The number of nitrogens with one attached hydrogen (secondary N) is 2. The Hall–Kier alpha value is -3.10. The second kappa shape index (κ2) is 9.02. The van der Waals surface area contributed by atoms with Crippen molar-refractivity contribution in [3.05, 3.63) is 30.6 Å². The highest BCUT2D eigenvalue weighted by molar-refractivity contribution is 5.77. The normalized spacial score (nSPS) is 16.7. The van der Waals surface area contributed by atoms with Crippen molar-refractivity contribution in [1.29, 1.82) is 0 Å². The lowest BCUT2D eigenvalue weighted by molar-refractivity contribution is -0.133. The van der Waals surface area contributed by atoms with E-state index in [4.69, 9.17) is 9.84 Å². The number of likely N-dealkylation sites (tertiary alicyclic amines) is 1. The predicted octanol–water partition coefficient (Wildman–Crippen LogP) is 1.75. The summed E-state index contributed by atoms with van der Waals surface area (Å²) < 4.78 is 5.84. The number of carbonyl (C=O) groups is 2. The molecule has 1 saturated heterocycles. The lowest BCUT2D eigenvalue weighted by atomic mass is 9.98. The number of rotatable bonds is 7. The van der Waals surface area contributed by atoms with Gasteiger partial charge >= 0.3 is 6.09 Å². The molecule has 2 aromatic heterocycles. The quantitative estimate of drug-likeness (QED) is 0.680. The van der Waals surface area contributed by atoms with Crippen LogP contribution in [0.4, 0.5) is 4.79 Å². The minimum atomic E-state index is -1.11. The summed E-state index contributed by atoms with van der Waals surface area (Å²) in [6.07, 6.45) is 4.34. The summed E-state index contributed by atoms with van der Waals surface area (Å²) in [7, 11) is 0. The van der Waals surface area contributed by atoms with Gasteiger partial charge < -0.3 is 20.1 Å². The molecule has 1 fully saturated rings. The Labute approximate surface area is 156 Å². The van der Waals surface area contributed by atoms with Crippen molar-refractivity contribution in [2.45, 2.75) is 19.3 Å². The monoisotopic (exact) mass is 373 g/mol. The van der Waals surface area contributed by atoms with Crippen LogP contribution >= 0.6 is 0 Å². The minimum absolute atomic E-state index is 0.0287. The molecule has 2 aromatic rings. The van der Waals surface area contributed by atoms with Gasteiger partial charge in [0.2, 0.25) is 5.91 Å². The van der Waals surface area contributed by atoms with Gasteiger partial charge in [-0.1, -0.05) is 0 Å². The number of nitrogens with zero attached hydrogens (tertiary/aromatic N) is 3. The van der Waals surface area contributed by atoms with Gasteiger partial charge in [-0.15, -0.1) is 0 Å². The molecule has 144 valence electrons. The first-order valence-electron chi connectivity index (χ1n) is 8.95. The van der Waals surface area contributed by atoms with Crippen LogP contribution in [-0.2, 0) is 4.79 Å². The lowest BCUT2D eigenvalue weighted by Gasteiger charge is -2.32. The molecule has 3 N–H and O–H groups in total. The Kier molecular flexibility index (Phi) is 6.24. The number of ether oxygens (including phenoxy) is 1. The van der Waals surface area contributed by atoms with Crippen molar-refractivity contribution < 1.29 is 19.4 Å². The maximum atomic E-state index is 12.2. The van der Waals surface area contributed by atoms with Crippen molar-refractivity contribution >= 4 is 12.0 Å². The molecule has 0 saturated carbocycles. The van der Waals surface area contributed by atoms with Crippen LogP contribution in [0.3, 0.4) is 0 Å². The third-order valence-electron chi connectivity index (χ3n) is 4.49. The first kappa shape index (κ1) is 18.7. The fourth-order valence-electron chi connectivity index (χ4n) is 3.10. The van der Waals surface area contributed by atoms with E-state index in [-0.39, 0.29) is 24.8 Å². The third-order valence-corrected chi connectivity index (χ3v) is 4.49. The molecule has 3 rings (SSSR count). The van der Waals surface area contributed by atoms with Crippen LogP contribution in [-0.4, -0.2) is 63.4 Å². The Balaban J connectivity index is 1.45. The fourth-order valence-corrected chi connectivity index (χ4v) is 3.10. The van der Waals surface area contributed by atoms with Crippen LogP contribution in [0.1, 0.15) is 19.3 Å². The molecule has 2 amide bonds. The summed E-state index contributed by atoms with van der Waals surface area (Å²) in [5.74, 6) is 0.911. The first-order chi connectivity index (χ1) is 13.1. The molecule has 1 aliphatic rings. The van der Waals surface area contributed by atoms with Gasteiger partial charge in [-0.2, -0.15) is 5.10 Å². The predicted molar refractivity (Wildman–Crippen MR) is 97.3 cm³/mol. The molecule has 0 radical (unpaired) electrons. The highest BCUT2D eigenvalue weighted by Crippen LogP contribution is 2.21. The summed E-state index contributed by atoms with van der Waals surface area (Å²) in [4.78, 5) is 28.8. The molecule has 0 spiro atoms. The molecule has 27 heavy (non-hydrogen) atoms. The number of piperidine rings is 1. The maximum Gasteiger partial charge on any atom is 0.404 e. The zero-order valence-electron chi connectivity index (χ0n) is 14.9. The Bertz CT molecular complexity index is 748. The van der Waals surface area contributed by atoms with E-state index in [1.54, 1.807) is 17.3 Å². The molecule has 0 unspecified atom stereocenters. The van der Waals surface area contributed by atoms with Crippen molar-refractivity contribution in [2.24, 2.45) is 5.92 Å². The van der Waals surface area contributed by atoms with Gasteiger partial charge in [-0.05, 0) is 31.0 Å². The van der Waals surface area contributed by atoms with Crippen LogP contribution in [0.15, 0.2) is 30.6 Å². The number of aromatic amines is 1. The number of hydrogen-bond donors (Lipinski definition) is 3. The number of amides is 2. The van der Waals surface area contributed by atoms with E-state index in [0.29, 0.717) is 25.4 Å². The first-order valence-corrected chi connectivity index (χ1v) is 8.95. The van der Waals surface area contributed by atoms with Crippen LogP contribution < -0.4 is 10.1 Å². The molecular weight excluding hydrogens is 350 g/mol. The lowest BCUT2D eigenvalue weighted by Crippen LogP contribution is -2.42. The zero-order valence-corrected chi connectivity index (χ0v) is 14.9. The second-order valence-corrected chi connectivity index (χ2v) is 6.49. The van der Waals surface area contributed by atoms with Gasteiger partial charge in [-0.25, -0.2) is 4.79 Å². The minimum Gasteiger partial charge on any atom is -0.492 e. The maximum absolute atomic E-state index is 12.2. The van der Waals surface area contributed by atoms with Gasteiger partial charge in [0.05, 0.1) is 24.2 Å². The SMILES string of the molecule is O=C(O)NCCC(=O)N1CCC[C@@H](COc2ccc(-c3ccn[nH]3)nc2)C1. The number of carboxylic acid groups (broad SMARTS) is 1. The van der Waals surface area contributed by atoms with Gasteiger partial charge in [0, 0.05) is 38.2 Å². The highest BCUT2D eigenvalue weighted by Gasteiger charge is 2.24. The standard InChI is InChI=1S/C18H23N5O4/c24-17(6-7-19-18(25)26)23-9-1-2-13(11-23)12-27-14-3-4-15(20-10-14)16-5-8-21-22-16/h3-5,8,10,13,19H,1-2,6-7,9,11-12H2,(H,21,22)(H,25,26)/t13-/m1/s1. The van der Waals surface area contributed by atoms with E-state index >= 15 is 0 Å². The largest absolute Gasteiger partial charge is 0.492 e. The topological polar surface area (TPSA) is 120 Å². The Morgan fingerprint density at radius 3 is 2.96 bits per heavy atom. The van der Waals surface area contributed by atoms with Gasteiger partial charge in [0.1, 0.15) is 5.75 Å². The average Bonchev–Trinajstić information content (AvgIpc) is 3.21. The Morgan fingerprint density at radius 1 is 1.37 bits per heavy atom. The summed E-state index contributed by atoms with van der Waals surface area (Å²) in [5, 5.41) is 17.6. The van der Waals surface area contributed by atoms with E-state index in [0.717, 1.165) is 24.2 Å². The second-order valence-electron chi connectivity index (χ2n) is 6.49.